The molecule has 0 unspecified atom stereocenters. The number of benzene rings is 1. The van der Waals surface area contributed by atoms with Gasteiger partial charge in [-0.15, -0.1) is 0 Å². The summed E-state index contributed by atoms with van der Waals surface area (Å²) in [7, 11) is 0. The van der Waals surface area contributed by atoms with Gasteiger partial charge in [-0.1, -0.05) is 23.2 Å². The Labute approximate surface area is 79.1 Å². The molecule has 0 saturated heterocycles. The van der Waals surface area contributed by atoms with Crippen molar-refractivity contribution >= 4 is 23.2 Å². The van der Waals surface area contributed by atoms with Gasteiger partial charge in [-0.25, -0.2) is 8.78 Å². The molecule has 0 saturated carbocycles. The first-order chi connectivity index (χ1) is 5.58. The molecule has 0 heterocycles. The second kappa shape index (κ2) is 4.06. The van der Waals surface area contributed by atoms with E-state index < -0.39 is 6.43 Å². The van der Waals surface area contributed by atoms with E-state index in [0.29, 0.717) is 15.6 Å². The van der Waals surface area contributed by atoms with E-state index in [0.717, 1.165) is 0 Å². The third kappa shape index (κ3) is 2.95. The Hall–Kier alpha value is -0.340. The van der Waals surface area contributed by atoms with E-state index in [4.69, 9.17) is 23.2 Å². The minimum Gasteiger partial charge on any atom is -0.210 e. The highest BCUT2D eigenvalue weighted by molar-refractivity contribution is 6.34. The van der Waals surface area contributed by atoms with E-state index in [2.05, 4.69) is 0 Å². The Bertz CT molecular complexity index is 254. The van der Waals surface area contributed by atoms with Gasteiger partial charge in [0.25, 0.3) is 0 Å². The predicted molar refractivity (Wildman–Crippen MR) is 46.2 cm³/mol. The first-order valence-electron chi connectivity index (χ1n) is 3.31. The third-order valence-corrected chi connectivity index (χ3v) is 1.75. The van der Waals surface area contributed by atoms with Crippen molar-refractivity contribution in [2.75, 3.05) is 0 Å². The molecule has 4 heteroatoms. The topological polar surface area (TPSA) is 0 Å². The van der Waals surface area contributed by atoms with Crippen LogP contribution in [0, 0.1) is 0 Å². The quantitative estimate of drug-likeness (QED) is 0.697. The molecule has 0 aliphatic heterocycles. The molecule has 0 aliphatic carbocycles. The Morgan fingerprint density at radius 3 is 2.00 bits per heavy atom. The zero-order chi connectivity index (χ0) is 9.14. The molecule has 0 N–H and O–H groups in total. The van der Waals surface area contributed by atoms with Gasteiger partial charge in [0.1, 0.15) is 0 Å². The standard InChI is InChI=1S/C8H6Cl2F2/c9-6-1-5(3-8(11)12)2-7(10)4-6/h1-2,4,8H,3H2. The number of halogens is 4. The fourth-order valence-electron chi connectivity index (χ4n) is 0.907. The van der Waals surface area contributed by atoms with Crippen molar-refractivity contribution in [3.63, 3.8) is 0 Å². The van der Waals surface area contributed by atoms with Crippen molar-refractivity contribution < 1.29 is 8.78 Å². The number of alkyl halides is 2. The summed E-state index contributed by atoms with van der Waals surface area (Å²) < 4.78 is 23.8. The van der Waals surface area contributed by atoms with Crippen LogP contribution in [0.2, 0.25) is 10.0 Å². The molecule has 1 aromatic rings. The van der Waals surface area contributed by atoms with Gasteiger partial charge in [0, 0.05) is 16.5 Å². The van der Waals surface area contributed by atoms with E-state index in [1.807, 2.05) is 0 Å². The van der Waals surface area contributed by atoms with Crippen LogP contribution in [-0.4, -0.2) is 6.43 Å². The summed E-state index contributed by atoms with van der Waals surface area (Å²) >= 11 is 11.2. The van der Waals surface area contributed by atoms with Crippen molar-refractivity contribution in [2.24, 2.45) is 0 Å². The smallest absolute Gasteiger partial charge is 0.210 e. The predicted octanol–water partition coefficient (Wildman–Crippen LogP) is 3.80. The van der Waals surface area contributed by atoms with Crippen LogP contribution >= 0.6 is 23.2 Å². The molecule has 66 valence electrons. The van der Waals surface area contributed by atoms with Gasteiger partial charge in [-0.05, 0) is 23.8 Å². The highest BCUT2D eigenvalue weighted by atomic mass is 35.5. The maximum absolute atomic E-state index is 11.9. The normalized spacial score (nSPS) is 10.8. The molecule has 1 rings (SSSR count). The molecule has 0 radical (unpaired) electrons. The first kappa shape index (κ1) is 9.75. The van der Waals surface area contributed by atoms with Gasteiger partial charge >= 0.3 is 0 Å². The van der Waals surface area contributed by atoms with Crippen LogP contribution in [0.4, 0.5) is 8.78 Å². The van der Waals surface area contributed by atoms with Gasteiger partial charge in [0.2, 0.25) is 6.43 Å². The zero-order valence-electron chi connectivity index (χ0n) is 6.03. The second-order valence-electron chi connectivity index (χ2n) is 2.37. The molecule has 0 amide bonds. The summed E-state index contributed by atoms with van der Waals surface area (Å²) in [4.78, 5) is 0. The Balaban J connectivity index is 2.85. The largest absolute Gasteiger partial charge is 0.242 e. The lowest BCUT2D eigenvalue weighted by Gasteiger charge is -2.01. The molecule has 0 spiro atoms. The van der Waals surface area contributed by atoms with Crippen LogP contribution < -0.4 is 0 Å². The van der Waals surface area contributed by atoms with Crippen LogP contribution in [0.25, 0.3) is 0 Å². The molecular formula is C8H6Cl2F2. The van der Waals surface area contributed by atoms with Crippen LogP contribution in [0.3, 0.4) is 0 Å². The van der Waals surface area contributed by atoms with Crippen molar-refractivity contribution in [1.82, 2.24) is 0 Å². The van der Waals surface area contributed by atoms with Crippen LogP contribution in [0.1, 0.15) is 5.56 Å². The Kier molecular flexibility index (Phi) is 3.29. The van der Waals surface area contributed by atoms with E-state index in [-0.39, 0.29) is 6.42 Å². The summed E-state index contributed by atoms with van der Waals surface area (Å²) in [5, 5.41) is 0.774. The molecule has 1 aromatic carbocycles. The lowest BCUT2D eigenvalue weighted by molar-refractivity contribution is 0.149. The summed E-state index contributed by atoms with van der Waals surface area (Å²) in [6.45, 7) is 0. The lowest BCUT2D eigenvalue weighted by atomic mass is 10.2. The molecule has 0 aliphatic rings. The van der Waals surface area contributed by atoms with E-state index in [9.17, 15) is 8.78 Å². The van der Waals surface area contributed by atoms with E-state index in [1.54, 1.807) is 0 Å². The SMILES string of the molecule is FC(F)Cc1cc(Cl)cc(Cl)c1. The van der Waals surface area contributed by atoms with Crippen LogP contribution in [0.5, 0.6) is 0 Å². The average Bonchev–Trinajstić information content (AvgIpc) is 1.81. The number of hydrogen-bond acceptors (Lipinski definition) is 0. The molecule has 0 aromatic heterocycles. The molecular weight excluding hydrogens is 205 g/mol. The maximum atomic E-state index is 11.9. The third-order valence-electron chi connectivity index (χ3n) is 1.31. The van der Waals surface area contributed by atoms with Crippen LogP contribution in [-0.2, 0) is 6.42 Å². The van der Waals surface area contributed by atoms with Gasteiger partial charge in [-0.2, -0.15) is 0 Å². The minimum absolute atomic E-state index is 0.305. The number of rotatable bonds is 2. The fourth-order valence-corrected chi connectivity index (χ4v) is 1.48. The second-order valence-corrected chi connectivity index (χ2v) is 3.25. The minimum atomic E-state index is -2.36. The molecule has 0 nitrogen and oxygen atoms in total. The van der Waals surface area contributed by atoms with Crippen molar-refractivity contribution in [1.29, 1.82) is 0 Å². The molecule has 0 atom stereocenters. The zero-order valence-corrected chi connectivity index (χ0v) is 7.54. The Morgan fingerprint density at radius 2 is 1.58 bits per heavy atom. The van der Waals surface area contributed by atoms with Gasteiger partial charge in [0.15, 0.2) is 0 Å². The summed E-state index contributed by atoms with van der Waals surface area (Å²) in [6, 6.07) is 4.48. The first-order valence-corrected chi connectivity index (χ1v) is 4.06. The van der Waals surface area contributed by atoms with Crippen molar-refractivity contribution in [3.05, 3.63) is 33.8 Å². The van der Waals surface area contributed by atoms with Crippen LogP contribution in [0.15, 0.2) is 18.2 Å². The molecule has 0 fully saturated rings. The highest BCUT2D eigenvalue weighted by Gasteiger charge is 2.05. The molecule has 12 heavy (non-hydrogen) atoms. The van der Waals surface area contributed by atoms with E-state index >= 15 is 0 Å². The lowest BCUT2D eigenvalue weighted by Crippen LogP contribution is -1.96. The molecule has 0 bridgehead atoms. The van der Waals surface area contributed by atoms with E-state index in [1.165, 1.54) is 18.2 Å². The highest BCUT2D eigenvalue weighted by Crippen LogP contribution is 2.20. The summed E-state index contributed by atoms with van der Waals surface area (Å²) in [6.07, 6.45) is -2.67. The number of hydrogen-bond donors (Lipinski definition) is 0. The fraction of sp³-hybridized carbons (Fsp3) is 0.250. The van der Waals surface area contributed by atoms with Gasteiger partial charge in [-0.3, -0.25) is 0 Å². The maximum Gasteiger partial charge on any atom is 0.242 e. The van der Waals surface area contributed by atoms with Gasteiger partial charge < -0.3 is 0 Å². The van der Waals surface area contributed by atoms with Crippen molar-refractivity contribution in [2.45, 2.75) is 12.8 Å². The summed E-state index contributed by atoms with van der Waals surface area (Å²) in [5.41, 5.74) is 0.461. The van der Waals surface area contributed by atoms with Gasteiger partial charge in [0.05, 0.1) is 0 Å². The monoisotopic (exact) mass is 210 g/mol. The van der Waals surface area contributed by atoms with Crippen molar-refractivity contribution in [3.8, 4) is 0 Å². The average molecular weight is 211 g/mol. The Morgan fingerprint density at radius 1 is 1.08 bits per heavy atom. The summed E-state index contributed by atoms with van der Waals surface area (Å²) in [5.74, 6) is 0.